The number of hydrogen-bond acceptors (Lipinski definition) is 9. The van der Waals surface area contributed by atoms with Crippen molar-refractivity contribution in [2.24, 2.45) is 0 Å². The molecule has 3 unspecified atom stereocenters. The first-order chi connectivity index (χ1) is 24.4. The number of unbranched alkanes of at least 4 members (excludes halogenated alkanes) is 1. The minimum atomic E-state index is -0.596. The monoisotopic (exact) mass is 685 g/mol. The van der Waals surface area contributed by atoms with Crippen LogP contribution in [0.15, 0.2) is 78.9 Å². The molecular formula is C38H47N5O7. The van der Waals surface area contributed by atoms with Crippen molar-refractivity contribution in [3.05, 3.63) is 101 Å². The van der Waals surface area contributed by atoms with Gasteiger partial charge in [0.2, 0.25) is 17.7 Å². The number of para-hydroxylation sites is 1. The zero-order valence-electron chi connectivity index (χ0n) is 28.3. The summed E-state index contributed by atoms with van der Waals surface area (Å²) in [6.45, 7) is 3.13. The third-order valence-corrected chi connectivity index (χ3v) is 10.1. The van der Waals surface area contributed by atoms with Crippen LogP contribution in [0.5, 0.6) is 0 Å². The molecule has 50 heavy (non-hydrogen) atoms. The number of nitrogens with zero attached hydrogens (tertiary/aromatic N) is 2. The normalized spacial score (nSPS) is 21.9. The molecule has 3 saturated heterocycles. The molecule has 3 aromatic rings. The number of likely N-dealkylation sites (tertiary alicyclic amines) is 1. The van der Waals surface area contributed by atoms with Crippen LogP contribution in [0.25, 0.3) is 0 Å². The van der Waals surface area contributed by atoms with Crippen LogP contribution in [-0.4, -0.2) is 70.9 Å². The highest BCUT2D eigenvalue weighted by molar-refractivity contribution is 5.93. The number of carbonyl (C=O) groups excluding carboxylic acids is 3. The van der Waals surface area contributed by atoms with E-state index in [1.54, 1.807) is 5.48 Å². The number of hydroxylamine groups is 1. The number of amides is 3. The standard InChI is InChI=1S/C38H47N5O7/c44-25-28-12-14-29(15-13-28)33-22-32(24-42-20-18-38(19-21-42)37(47)40-26-43(38)31-6-2-1-3-7-31)49-36(50-33)30-16-10-27(11-17-30)23-39-34(45)8-4-5-9-35(46)41-48/h1-3,6-7,10-17,32-33,36,44,48H,4-5,8-9,18-26H2,(H,39,45)(H,40,47)(H,41,46). The first-order valence-corrected chi connectivity index (χ1v) is 17.5. The van der Waals surface area contributed by atoms with E-state index < -0.39 is 17.7 Å². The molecule has 3 heterocycles. The molecule has 3 atom stereocenters. The summed E-state index contributed by atoms with van der Waals surface area (Å²) < 4.78 is 13.2. The molecule has 3 aliphatic rings. The Morgan fingerprint density at radius 2 is 1.52 bits per heavy atom. The van der Waals surface area contributed by atoms with E-state index in [4.69, 9.17) is 14.7 Å². The fourth-order valence-corrected chi connectivity index (χ4v) is 7.17. The smallest absolute Gasteiger partial charge is 0.247 e. The summed E-state index contributed by atoms with van der Waals surface area (Å²) >= 11 is 0. The quantitative estimate of drug-likeness (QED) is 0.103. The van der Waals surface area contributed by atoms with Gasteiger partial charge in [0.25, 0.3) is 0 Å². The Labute approximate surface area is 292 Å². The summed E-state index contributed by atoms with van der Waals surface area (Å²) in [6.07, 6.45) is 2.76. The molecule has 0 aromatic heterocycles. The van der Waals surface area contributed by atoms with Gasteiger partial charge in [-0.05, 0) is 54.5 Å². The predicted molar refractivity (Wildman–Crippen MR) is 185 cm³/mol. The van der Waals surface area contributed by atoms with Crippen molar-refractivity contribution in [3.8, 4) is 0 Å². The summed E-state index contributed by atoms with van der Waals surface area (Å²) in [4.78, 5) is 41.2. The van der Waals surface area contributed by atoms with Crippen LogP contribution in [-0.2, 0) is 37.0 Å². The number of rotatable bonds is 13. The van der Waals surface area contributed by atoms with Crippen LogP contribution in [0.2, 0.25) is 0 Å². The van der Waals surface area contributed by atoms with E-state index in [-0.39, 0.29) is 37.0 Å². The van der Waals surface area contributed by atoms with E-state index in [2.05, 4.69) is 32.6 Å². The van der Waals surface area contributed by atoms with Crippen molar-refractivity contribution in [2.75, 3.05) is 31.2 Å². The maximum atomic E-state index is 13.2. The Morgan fingerprint density at radius 3 is 2.20 bits per heavy atom. The number of hydrogen-bond donors (Lipinski definition) is 5. The minimum absolute atomic E-state index is 0.0213. The van der Waals surface area contributed by atoms with Crippen molar-refractivity contribution >= 4 is 23.4 Å². The molecule has 3 amide bonds. The van der Waals surface area contributed by atoms with Gasteiger partial charge in [0.05, 0.1) is 25.5 Å². The number of ether oxygens (including phenoxy) is 2. The number of aliphatic hydroxyl groups excluding tert-OH is 1. The van der Waals surface area contributed by atoms with Crippen LogP contribution < -0.4 is 21.0 Å². The van der Waals surface area contributed by atoms with Gasteiger partial charge < -0.3 is 35.0 Å². The van der Waals surface area contributed by atoms with E-state index in [0.29, 0.717) is 45.4 Å². The number of carbonyl (C=O) groups is 3. The second-order valence-electron chi connectivity index (χ2n) is 13.4. The first-order valence-electron chi connectivity index (χ1n) is 17.5. The van der Waals surface area contributed by atoms with Gasteiger partial charge in [-0.25, -0.2) is 5.48 Å². The second-order valence-corrected chi connectivity index (χ2v) is 13.4. The van der Waals surface area contributed by atoms with Crippen molar-refractivity contribution in [2.45, 2.75) is 82.1 Å². The van der Waals surface area contributed by atoms with Gasteiger partial charge in [-0.15, -0.1) is 0 Å². The largest absolute Gasteiger partial charge is 0.392 e. The molecule has 1 spiro atoms. The van der Waals surface area contributed by atoms with Crippen molar-refractivity contribution in [1.82, 2.24) is 21.0 Å². The van der Waals surface area contributed by atoms with Gasteiger partial charge in [0.1, 0.15) is 5.54 Å². The molecule has 6 rings (SSSR count). The number of nitrogens with one attached hydrogen (secondary N) is 3. The van der Waals surface area contributed by atoms with Crippen molar-refractivity contribution in [3.63, 3.8) is 0 Å². The van der Waals surface area contributed by atoms with E-state index in [1.165, 1.54) is 0 Å². The molecule has 0 saturated carbocycles. The van der Waals surface area contributed by atoms with E-state index >= 15 is 0 Å². The van der Waals surface area contributed by atoms with Gasteiger partial charge in [-0.1, -0.05) is 66.7 Å². The Kier molecular flexibility index (Phi) is 11.8. The lowest BCUT2D eigenvalue weighted by atomic mass is 9.85. The summed E-state index contributed by atoms with van der Waals surface area (Å²) in [6, 6.07) is 25.8. The van der Waals surface area contributed by atoms with Gasteiger partial charge in [-0.3, -0.25) is 19.6 Å². The molecule has 3 fully saturated rings. The number of aliphatic hydroxyl groups is 1. The topological polar surface area (TPSA) is 153 Å². The average Bonchev–Trinajstić information content (AvgIpc) is 3.48. The van der Waals surface area contributed by atoms with E-state index in [9.17, 15) is 19.5 Å². The predicted octanol–water partition coefficient (Wildman–Crippen LogP) is 3.83. The summed E-state index contributed by atoms with van der Waals surface area (Å²) in [5.74, 6) is -0.453. The van der Waals surface area contributed by atoms with Crippen molar-refractivity contribution in [1.29, 1.82) is 0 Å². The molecule has 3 aromatic carbocycles. The van der Waals surface area contributed by atoms with Crippen LogP contribution in [0.1, 0.15) is 79.6 Å². The lowest BCUT2D eigenvalue weighted by molar-refractivity contribution is -0.253. The molecule has 3 aliphatic heterocycles. The maximum absolute atomic E-state index is 13.2. The molecule has 12 heteroatoms. The molecule has 0 radical (unpaired) electrons. The van der Waals surface area contributed by atoms with Gasteiger partial charge in [0.15, 0.2) is 6.29 Å². The third kappa shape index (κ3) is 8.51. The highest BCUT2D eigenvalue weighted by Gasteiger charge is 2.50. The number of piperidine rings is 1. The molecule has 12 nitrogen and oxygen atoms in total. The highest BCUT2D eigenvalue weighted by Crippen LogP contribution is 2.40. The Morgan fingerprint density at radius 1 is 0.860 bits per heavy atom. The van der Waals surface area contributed by atoms with E-state index in [1.807, 2.05) is 66.7 Å². The van der Waals surface area contributed by atoms with Gasteiger partial charge >= 0.3 is 0 Å². The fourth-order valence-electron chi connectivity index (χ4n) is 7.17. The van der Waals surface area contributed by atoms with E-state index in [0.717, 1.165) is 53.9 Å². The zero-order chi connectivity index (χ0) is 34.9. The van der Waals surface area contributed by atoms with Crippen LogP contribution in [0, 0.1) is 0 Å². The summed E-state index contributed by atoms with van der Waals surface area (Å²) in [7, 11) is 0. The fraction of sp³-hybridized carbons (Fsp3) is 0.447. The Hall–Kier alpha value is -4.33. The van der Waals surface area contributed by atoms with Gasteiger partial charge in [-0.2, -0.15) is 0 Å². The van der Waals surface area contributed by atoms with Crippen LogP contribution >= 0.6 is 0 Å². The van der Waals surface area contributed by atoms with Crippen LogP contribution in [0.3, 0.4) is 0 Å². The molecule has 0 aliphatic carbocycles. The highest BCUT2D eigenvalue weighted by atomic mass is 16.7. The number of anilines is 1. The van der Waals surface area contributed by atoms with Crippen molar-refractivity contribution < 1.29 is 34.2 Å². The number of benzene rings is 3. The Balaban J connectivity index is 1.08. The minimum Gasteiger partial charge on any atom is -0.392 e. The third-order valence-electron chi connectivity index (χ3n) is 10.1. The molecular weight excluding hydrogens is 638 g/mol. The lowest BCUT2D eigenvalue weighted by Crippen LogP contribution is -2.57. The molecule has 5 N–H and O–H groups in total. The molecule has 266 valence electrons. The second kappa shape index (κ2) is 16.6. The zero-order valence-corrected chi connectivity index (χ0v) is 28.3. The van der Waals surface area contributed by atoms with Gasteiger partial charge in [0, 0.05) is 56.7 Å². The summed E-state index contributed by atoms with van der Waals surface area (Å²) in [5, 5.41) is 24.2. The first kappa shape index (κ1) is 35.5. The Bertz CT molecular complexity index is 1580. The maximum Gasteiger partial charge on any atom is 0.247 e. The average molecular weight is 686 g/mol. The molecule has 0 bridgehead atoms. The van der Waals surface area contributed by atoms with Crippen LogP contribution in [0.4, 0.5) is 5.69 Å². The summed E-state index contributed by atoms with van der Waals surface area (Å²) in [5.41, 5.74) is 5.79. The SMILES string of the molecule is O=C(CCCCC(=O)NCc1ccc(C2OC(CN3CCC4(CC3)C(=O)NCN4c3ccccc3)CC(c3ccc(CO)cc3)O2)cc1)NO. The lowest BCUT2D eigenvalue weighted by Gasteiger charge is -2.45.